The number of hydrogen-bond acceptors (Lipinski definition) is 3. The molecule has 0 aliphatic rings. The molecule has 0 saturated carbocycles. The third-order valence-corrected chi connectivity index (χ3v) is 4.81. The molecule has 0 unspecified atom stereocenters. The van der Waals surface area contributed by atoms with E-state index in [0.717, 1.165) is 0 Å². The Morgan fingerprint density at radius 3 is 2.45 bits per heavy atom. The average molecular weight is 297 g/mol. The molecule has 0 amide bonds. The normalized spacial score (nSPS) is 11.6. The lowest BCUT2D eigenvalue weighted by Gasteiger charge is -2.22. The number of anilines is 1. The SMILES string of the molecule is CCN(c1ccc(F)cc1)S(=O)(=O)c1c[nH]c(CN)c1. The second kappa shape index (κ2) is 5.64. The highest BCUT2D eigenvalue weighted by Crippen LogP contribution is 2.24. The molecule has 3 N–H and O–H groups in total. The molecular formula is C13H16FN3O2S. The van der Waals surface area contributed by atoms with Crippen LogP contribution in [0.1, 0.15) is 12.6 Å². The van der Waals surface area contributed by atoms with Crippen LogP contribution in [0.15, 0.2) is 41.4 Å². The number of sulfonamides is 1. The van der Waals surface area contributed by atoms with Gasteiger partial charge in [0.05, 0.1) is 5.69 Å². The molecule has 20 heavy (non-hydrogen) atoms. The maximum atomic E-state index is 12.9. The lowest BCUT2D eigenvalue weighted by atomic mass is 10.3. The summed E-state index contributed by atoms with van der Waals surface area (Å²) in [4.78, 5) is 2.95. The Hall–Kier alpha value is -1.86. The smallest absolute Gasteiger partial charge is 0.265 e. The summed E-state index contributed by atoms with van der Waals surface area (Å²) in [6, 6.07) is 6.84. The van der Waals surface area contributed by atoms with Crippen molar-refractivity contribution >= 4 is 15.7 Å². The van der Waals surface area contributed by atoms with Gasteiger partial charge in [-0.2, -0.15) is 0 Å². The molecular weight excluding hydrogens is 281 g/mol. The van der Waals surface area contributed by atoms with Gasteiger partial charge in [0, 0.05) is 25.0 Å². The Bertz CT molecular complexity index is 680. The second-order valence-electron chi connectivity index (χ2n) is 4.21. The lowest BCUT2D eigenvalue weighted by Crippen LogP contribution is -2.30. The van der Waals surface area contributed by atoms with Crippen LogP contribution < -0.4 is 10.0 Å². The summed E-state index contributed by atoms with van der Waals surface area (Å²) in [5.74, 6) is -0.408. The van der Waals surface area contributed by atoms with Gasteiger partial charge < -0.3 is 10.7 Å². The third kappa shape index (κ3) is 2.68. The minimum atomic E-state index is -3.68. The van der Waals surface area contributed by atoms with E-state index in [2.05, 4.69) is 4.98 Å². The van der Waals surface area contributed by atoms with Crippen molar-refractivity contribution in [3.05, 3.63) is 48.0 Å². The van der Waals surface area contributed by atoms with E-state index in [4.69, 9.17) is 5.73 Å². The van der Waals surface area contributed by atoms with Crippen LogP contribution in [0.5, 0.6) is 0 Å². The fourth-order valence-electron chi connectivity index (χ4n) is 1.91. The van der Waals surface area contributed by atoms with Gasteiger partial charge >= 0.3 is 0 Å². The van der Waals surface area contributed by atoms with Crippen LogP contribution >= 0.6 is 0 Å². The first-order valence-corrected chi connectivity index (χ1v) is 7.58. The van der Waals surface area contributed by atoms with E-state index in [1.54, 1.807) is 6.92 Å². The Morgan fingerprint density at radius 1 is 1.30 bits per heavy atom. The predicted octanol–water partition coefficient (Wildman–Crippen LogP) is 1.83. The van der Waals surface area contributed by atoms with E-state index in [0.29, 0.717) is 11.4 Å². The number of nitrogens with one attached hydrogen (secondary N) is 1. The first-order valence-electron chi connectivity index (χ1n) is 6.14. The molecule has 0 bridgehead atoms. The predicted molar refractivity (Wildman–Crippen MR) is 75.3 cm³/mol. The van der Waals surface area contributed by atoms with Crippen LogP contribution in [0, 0.1) is 5.82 Å². The first kappa shape index (κ1) is 14.5. The van der Waals surface area contributed by atoms with Crippen molar-refractivity contribution in [1.82, 2.24) is 4.98 Å². The van der Waals surface area contributed by atoms with Crippen LogP contribution in [0.2, 0.25) is 0 Å². The maximum Gasteiger partial charge on any atom is 0.265 e. The molecule has 108 valence electrons. The molecule has 2 rings (SSSR count). The molecule has 5 nitrogen and oxygen atoms in total. The topological polar surface area (TPSA) is 79.2 Å². The minimum absolute atomic E-state index is 0.143. The maximum absolute atomic E-state index is 12.9. The number of nitrogens with two attached hydrogens (primary N) is 1. The van der Waals surface area contributed by atoms with Crippen LogP contribution in [-0.4, -0.2) is 19.9 Å². The van der Waals surface area contributed by atoms with Gasteiger partial charge in [0.15, 0.2) is 0 Å². The molecule has 0 atom stereocenters. The number of H-pyrrole nitrogens is 1. The summed E-state index contributed by atoms with van der Waals surface area (Å²) in [7, 11) is -3.68. The fourth-order valence-corrected chi connectivity index (χ4v) is 3.40. The van der Waals surface area contributed by atoms with Crippen LogP contribution in [-0.2, 0) is 16.6 Å². The summed E-state index contributed by atoms with van der Waals surface area (Å²) >= 11 is 0. The number of rotatable bonds is 5. The molecule has 1 heterocycles. The van der Waals surface area contributed by atoms with E-state index in [-0.39, 0.29) is 18.0 Å². The summed E-state index contributed by atoms with van der Waals surface area (Å²) in [5.41, 5.74) is 6.52. The zero-order chi connectivity index (χ0) is 14.8. The molecule has 0 radical (unpaired) electrons. The zero-order valence-electron chi connectivity index (χ0n) is 11.0. The first-order chi connectivity index (χ1) is 9.48. The van der Waals surface area contributed by atoms with E-state index >= 15 is 0 Å². The van der Waals surface area contributed by atoms with Gasteiger partial charge in [0.25, 0.3) is 10.0 Å². The van der Waals surface area contributed by atoms with E-state index in [1.165, 1.54) is 40.8 Å². The highest BCUT2D eigenvalue weighted by atomic mass is 32.2. The van der Waals surface area contributed by atoms with Gasteiger partial charge in [-0.1, -0.05) is 0 Å². The number of hydrogen-bond donors (Lipinski definition) is 2. The number of halogens is 1. The van der Waals surface area contributed by atoms with Crippen molar-refractivity contribution in [2.45, 2.75) is 18.4 Å². The van der Waals surface area contributed by atoms with Crippen LogP contribution in [0.3, 0.4) is 0 Å². The molecule has 0 fully saturated rings. The molecule has 2 aromatic rings. The monoisotopic (exact) mass is 297 g/mol. The van der Waals surface area contributed by atoms with Crippen molar-refractivity contribution in [1.29, 1.82) is 0 Å². The standard InChI is InChI=1S/C13H16FN3O2S/c1-2-17(12-5-3-10(14)4-6-12)20(18,19)13-7-11(8-15)16-9-13/h3-7,9,16H,2,8,15H2,1H3. The largest absolute Gasteiger partial charge is 0.363 e. The molecule has 0 aliphatic heterocycles. The van der Waals surface area contributed by atoms with Gasteiger partial charge in [-0.15, -0.1) is 0 Å². The second-order valence-corrected chi connectivity index (χ2v) is 6.07. The Labute approximate surface area is 117 Å². The number of aromatic nitrogens is 1. The van der Waals surface area contributed by atoms with Crippen LogP contribution in [0.4, 0.5) is 10.1 Å². The van der Waals surface area contributed by atoms with Crippen molar-refractivity contribution in [2.24, 2.45) is 5.73 Å². The summed E-state index contributed by atoms with van der Waals surface area (Å²) in [6.07, 6.45) is 1.41. The molecule has 0 spiro atoms. The van der Waals surface area contributed by atoms with E-state index in [9.17, 15) is 12.8 Å². The molecule has 1 aromatic carbocycles. The molecule has 0 aliphatic carbocycles. The lowest BCUT2D eigenvalue weighted by molar-refractivity contribution is 0.591. The molecule has 1 aromatic heterocycles. The Morgan fingerprint density at radius 2 is 1.95 bits per heavy atom. The summed E-state index contributed by atoms with van der Waals surface area (Å²) in [6.45, 7) is 2.20. The molecule has 0 saturated heterocycles. The fraction of sp³-hybridized carbons (Fsp3) is 0.231. The quantitative estimate of drug-likeness (QED) is 0.883. The summed E-state index contributed by atoms with van der Waals surface area (Å²) in [5, 5.41) is 0. The number of benzene rings is 1. The van der Waals surface area contributed by atoms with Gasteiger partial charge in [0.1, 0.15) is 10.7 Å². The third-order valence-electron chi connectivity index (χ3n) is 2.93. The molecule has 7 heteroatoms. The van der Waals surface area contributed by atoms with Crippen molar-refractivity contribution in [3.63, 3.8) is 0 Å². The van der Waals surface area contributed by atoms with Crippen LogP contribution in [0.25, 0.3) is 0 Å². The van der Waals surface area contributed by atoms with Gasteiger partial charge in [0.2, 0.25) is 0 Å². The highest BCUT2D eigenvalue weighted by molar-refractivity contribution is 7.92. The van der Waals surface area contributed by atoms with Gasteiger partial charge in [-0.3, -0.25) is 4.31 Å². The average Bonchev–Trinajstić information content (AvgIpc) is 2.91. The minimum Gasteiger partial charge on any atom is -0.363 e. The number of aromatic amines is 1. The van der Waals surface area contributed by atoms with Gasteiger partial charge in [-0.25, -0.2) is 12.8 Å². The van der Waals surface area contributed by atoms with Crippen molar-refractivity contribution < 1.29 is 12.8 Å². The van der Waals surface area contributed by atoms with E-state index in [1.807, 2.05) is 0 Å². The summed E-state index contributed by atoms with van der Waals surface area (Å²) < 4.78 is 39.3. The van der Waals surface area contributed by atoms with Gasteiger partial charge in [-0.05, 0) is 37.3 Å². The van der Waals surface area contributed by atoms with Crippen molar-refractivity contribution in [2.75, 3.05) is 10.8 Å². The zero-order valence-corrected chi connectivity index (χ0v) is 11.8. The highest BCUT2D eigenvalue weighted by Gasteiger charge is 2.24. The Kier molecular flexibility index (Phi) is 4.10. The number of nitrogens with zero attached hydrogens (tertiary/aromatic N) is 1. The van der Waals surface area contributed by atoms with E-state index < -0.39 is 15.8 Å². The Balaban J connectivity index is 2.41. The van der Waals surface area contributed by atoms with Crippen molar-refractivity contribution in [3.8, 4) is 0 Å².